The van der Waals surface area contributed by atoms with Gasteiger partial charge in [0.25, 0.3) is 0 Å². The van der Waals surface area contributed by atoms with Crippen LogP contribution >= 0.6 is 0 Å². The minimum absolute atomic E-state index is 0. The molecule has 0 amide bonds. The lowest BCUT2D eigenvalue weighted by Crippen LogP contribution is -2.38. The Morgan fingerprint density at radius 1 is 0.673 bits per heavy atom. The molecular weight excluding hydrogens is 603 g/mol. The fraction of sp³-hybridized carbons (Fsp3) is 0.326. The van der Waals surface area contributed by atoms with Gasteiger partial charge in [0.15, 0.2) is 0 Å². The molecule has 0 unspecified atom stereocenters. The number of hydrogen-bond acceptors (Lipinski definition) is 5. The number of benzene rings is 4. The second-order valence-electron chi connectivity index (χ2n) is 12.1. The highest BCUT2D eigenvalue weighted by Crippen LogP contribution is 2.41. The highest BCUT2D eigenvalue weighted by Gasteiger charge is 2.39. The first kappa shape index (κ1) is 38.6. The molecule has 1 aliphatic heterocycles. The number of aliphatic hydroxyl groups excluding tert-OH is 1. The van der Waals surface area contributed by atoms with Crippen LogP contribution in [0, 0.1) is 5.92 Å². The molecule has 1 saturated heterocycles. The largest absolute Gasteiger partial charge is 0.396 e. The van der Waals surface area contributed by atoms with E-state index in [2.05, 4.69) is 130 Å². The summed E-state index contributed by atoms with van der Waals surface area (Å²) in [4.78, 5) is 11.8. The Morgan fingerprint density at radius 3 is 1.80 bits per heavy atom. The molecule has 0 atom stereocenters. The molecule has 3 heterocycles. The highest BCUT2D eigenvalue weighted by atomic mass is 16.2. The predicted molar refractivity (Wildman–Crippen MR) is 208 cm³/mol. The van der Waals surface area contributed by atoms with Crippen molar-refractivity contribution in [3.05, 3.63) is 145 Å². The van der Waals surface area contributed by atoms with E-state index in [1.165, 1.54) is 6.42 Å². The highest BCUT2D eigenvalue weighted by molar-refractivity contribution is 5.92. The molecule has 6 heteroatoms. The van der Waals surface area contributed by atoms with Crippen molar-refractivity contribution in [1.29, 1.82) is 0 Å². The zero-order valence-electron chi connectivity index (χ0n) is 25.5. The van der Waals surface area contributed by atoms with E-state index in [9.17, 15) is 0 Å². The molecule has 0 saturated carbocycles. The van der Waals surface area contributed by atoms with Crippen LogP contribution in [-0.4, -0.2) is 44.6 Å². The zero-order valence-corrected chi connectivity index (χ0v) is 25.5. The van der Waals surface area contributed by atoms with Crippen molar-refractivity contribution < 1.29 is 5.11 Å². The SMILES string of the molecule is C.C.C.C.OCCCCC1CCN(c2ncnc3ccc(-c4cnn(C(c5ccccc5)(c5ccccc5)c5ccccc5)c4)cc23)CC1. The van der Waals surface area contributed by atoms with Crippen molar-refractivity contribution in [1.82, 2.24) is 19.7 Å². The van der Waals surface area contributed by atoms with Gasteiger partial charge in [0.2, 0.25) is 0 Å². The molecule has 258 valence electrons. The van der Waals surface area contributed by atoms with Crippen LogP contribution < -0.4 is 4.90 Å². The van der Waals surface area contributed by atoms with Crippen LogP contribution in [0.2, 0.25) is 0 Å². The summed E-state index contributed by atoms with van der Waals surface area (Å²) in [5.74, 6) is 1.73. The van der Waals surface area contributed by atoms with Crippen molar-refractivity contribution in [2.24, 2.45) is 5.92 Å². The number of anilines is 1. The van der Waals surface area contributed by atoms with Gasteiger partial charge in [-0.1, -0.05) is 140 Å². The maximum Gasteiger partial charge on any atom is 0.139 e. The summed E-state index contributed by atoms with van der Waals surface area (Å²) in [6, 6.07) is 38.4. The molecular formula is C43H55N5O. The Kier molecular flexibility index (Phi) is 13.8. The Labute approximate surface area is 294 Å². The maximum absolute atomic E-state index is 9.16. The summed E-state index contributed by atoms with van der Waals surface area (Å²) >= 11 is 0. The predicted octanol–water partition coefficient (Wildman–Crippen LogP) is 10.3. The minimum Gasteiger partial charge on any atom is -0.396 e. The van der Waals surface area contributed by atoms with Crippen LogP contribution in [0.3, 0.4) is 0 Å². The van der Waals surface area contributed by atoms with Crippen molar-refractivity contribution in [2.75, 3.05) is 24.6 Å². The van der Waals surface area contributed by atoms with E-state index in [1.807, 2.05) is 6.20 Å². The van der Waals surface area contributed by atoms with Crippen molar-refractivity contribution in [3.63, 3.8) is 0 Å². The molecule has 6 nitrogen and oxygen atoms in total. The van der Waals surface area contributed by atoms with E-state index in [-0.39, 0.29) is 29.7 Å². The number of unbranched alkanes of at least 4 members (excludes halogenated alkanes) is 1. The summed E-state index contributed by atoms with van der Waals surface area (Å²) in [7, 11) is 0. The molecule has 6 aromatic rings. The molecule has 49 heavy (non-hydrogen) atoms. The fourth-order valence-corrected chi connectivity index (χ4v) is 7.04. The maximum atomic E-state index is 9.16. The molecule has 0 aliphatic carbocycles. The van der Waals surface area contributed by atoms with Crippen LogP contribution in [-0.2, 0) is 5.54 Å². The molecule has 1 N–H and O–H groups in total. The van der Waals surface area contributed by atoms with E-state index in [4.69, 9.17) is 15.2 Å². The minimum atomic E-state index is -0.658. The van der Waals surface area contributed by atoms with Crippen LogP contribution in [0.25, 0.3) is 22.0 Å². The van der Waals surface area contributed by atoms with Gasteiger partial charge in [0.1, 0.15) is 17.7 Å². The van der Waals surface area contributed by atoms with Crippen molar-refractivity contribution >= 4 is 16.7 Å². The van der Waals surface area contributed by atoms with E-state index >= 15 is 0 Å². The van der Waals surface area contributed by atoms with Gasteiger partial charge in [-0.25, -0.2) is 9.97 Å². The van der Waals surface area contributed by atoms with E-state index in [0.29, 0.717) is 6.61 Å². The molecule has 0 spiro atoms. The van der Waals surface area contributed by atoms with E-state index < -0.39 is 5.54 Å². The Morgan fingerprint density at radius 2 is 1.24 bits per heavy atom. The monoisotopic (exact) mass is 657 g/mol. The number of rotatable bonds is 10. The lowest BCUT2D eigenvalue weighted by molar-refractivity contribution is 0.272. The second-order valence-corrected chi connectivity index (χ2v) is 12.1. The Bertz CT molecular complexity index is 1730. The quantitative estimate of drug-likeness (QED) is 0.117. The smallest absolute Gasteiger partial charge is 0.139 e. The van der Waals surface area contributed by atoms with Gasteiger partial charge >= 0.3 is 0 Å². The average molecular weight is 658 g/mol. The van der Waals surface area contributed by atoms with E-state index in [1.54, 1.807) is 6.33 Å². The standard InChI is InChI=1S/C39H39N5O.4CH4/c45-25-11-10-12-30-21-23-43(24-22-30)38-36-26-31(19-20-37(36)40-29-41-38)32-27-42-44(28-32)39(33-13-4-1-5-14-33,34-15-6-2-7-16-34)35-17-8-3-9-18-35;;;;/h1-9,13-20,26-30,45H,10-12,21-25H2;4*1H4. The van der Waals surface area contributed by atoms with E-state index in [0.717, 1.165) is 89.2 Å². The first-order chi connectivity index (χ1) is 22.3. The van der Waals surface area contributed by atoms with Gasteiger partial charge in [-0.3, -0.25) is 4.68 Å². The second kappa shape index (κ2) is 17.5. The number of aromatic nitrogens is 4. The molecule has 1 fully saturated rings. The zero-order chi connectivity index (χ0) is 30.5. The van der Waals surface area contributed by atoms with Gasteiger partial charge in [-0.05, 0) is 59.6 Å². The summed E-state index contributed by atoms with van der Waals surface area (Å²) < 4.78 is 2.12. The normalized spacial score (nSPS) is 13.0. The van der Waals surface area contributed by atoms with Gasteiger partial charge < -0.3 is 10.0 Å². The third kappa shape index (κ3) is 7.60. The first-order valence-corrected chi connectivity index (χ1v) is 16.1. The lowest BCUT2D eigenvalue weighted by atomic mass is 9.77. The molecule has 4 aromatic carbocycles. The van der Waals surface area contributed by atoms with Gasteiger partial charge in [-0.2, -0.15) is 5.10 Å². The topological polar surface area (TPSA) is 67.1 Å². The average Bonchev–Trinajstić information content (AvgIpc) is 3.61. The van der Waals surface area contributed by atoms with Gasteiger partial charge in [0.05, 0.1) is 11.7 Å². The number of piperidine rings is 1. The molecule has 0 radical (unpaired) electrons. The Hall–Kier alpha value is -4.81. The third-order valence-electron chi connectivity index (χ3n) is 9.38. The first-order valence-electron chi connectivity index (χ1n) is 16.1. The summed E-state index contributed by atoms with van der Waals surface area (Å²) in [6.45, 7) is 2.27. The van der Waals surface area contributed by atoms with Gasteiger partial charge in [-0.15, -0.1) is 0 Å². The molecule has 0 bridgehead atoms. The molecule has 1 aliphatic rings. The van der Waals surface area contributed by atoms with Crippen LogP contribution in [0.15, 0.2) is 128 Å². The van der Waals surface area contributed by atoms with Crippen LogP contribution in [0.1, 0.15) is 78.5 Å². The summed E-state index contributed by atoms with van der Waals surface area (Å²) in [5, 5.41) is 15.3. The summed E-state index contributed by atoms with van der Waals surface area (Å²) in [6.07, 6.45) is 11.4. The number of hydrogen-bond donors (Lipinski definition) is 1. The number of fused-ring (bicyclic) bond motifs is 1. The van der Waals surface area contributed by atoms with Crippen LogP contribution in [0.4, 0.5) is 5.82 Å². The molecule has 7 rings (SSSR count). The molecule has 2 aromatic heterocycles. The third-order valence-corrected chi connectivity index (χ3v) is 9.38. The van der Waals surface area contributed by atoms with Gasteiger partial charge in [0, 0.05) is 36.8 Å². The van der Waals surface area contributed by atoms with Crippen molar-refractivity contribution in [3.8, 4) is 11.1 Å². The summed E-state index contributed by atoms with van der Waals surface area (Å²) in [5.41, 5.74) is 5.86. The lowest BCUT2D eigenvalue weighted by Gasteiger charge is -2.36. The number of aliphatic hydroxyl groups is 1. The fourth-order valence-electron chi connectivity index (χ4n) is 7.04. The number of nitrogens with zero attached hydrogens (tertiary/aromatic N) is 5. The Balaban J connectivity index is 0.00000163. The van der Waals surface area contributed by atoms with Crippen molar-refractivity contribution in [2.45, 2.75) is 67.3 Å². The van der Waals surface area contributed by atoms with Crippen LogP contribution in [0.5, 0.6) is 0 Å².